The van der Waals surface area contributed by atoms with Crippen molar-refractivity contribution in [3.63, 3.8) is 0 Å². The van der Waals surface area contributed by atoms with Gasteiger partial charge in [-0.05, 0) is 56.3 Å². The van der Waals surface area contributed by atoms with Crippen molar-refractivity contribution in [3.8, 4) is 0 Å². The molecular formula is C23H33N3O3. The monoisotopic (exact) mass is 399 g/mol. The molecule has 2 rings (SSSR count). The number of amides is 1. The number of aliphatic carboxylic acids is 1. The number of rotatable bonds is 8. The number of carboxylic acid groups (broad SMARTS) is 1. The van der Waals surface area contributed by atoms with E-state index in [-0.39, 0.29) is 5.91 Å². The normalized spacial score (nSPS) is 10.1. The molecule has 0 heterocycles. The number of carbonyl (C=O) groups excluding carboxylic acids is 1. The Bertz CT molecular complexity index is 798. The van der Waals surface area contributed by atoms with Crippen LogP contribution in [0.25, 0.3) is 0 Å². The van der Waals surface area contributed by atoms with E-state index in [0.717, 1.165) is 37.9 Å². The fourth-order valence-electron chi connectivity index (χ4n) is 2.78. The van der Waals surface area contributed by atoms with E-state index in [9.17, 15) is 4.79 Å². The van der Waals surface area contributed by atoms with Crippen molar-refractivity contribution < 1.29 is 14.7 Å². The summed E-state index contributed by atoms with van der Waals surface area (Å²) in [7, 11) is 0. The molecule has 0 radical (unpaired) electrons. The first-order valence-electron chi connectivity index (χ1n) is 9.92. The lowest BCUT2D eigenvalue weighted by atomic mass is 10.1. The molecule has 0 aliphatic heterocycles. The number of para-hydroxylation sites is 1. The third kappa shape index (κ3) is 8.35. The van der Waals surface area contributed by atoms with Crippen molar-refractivity contribution in [2.45, 2.75) is 34.6 Å². The van der Waals surface area contributed by atoms with E-state index in [4.69, 9.17) is 9.90 Å². The fourth-order valence-corrected chi connectivity index (χ4v) is 2.78. The van der Waals surface area contributed by atoms with Gasteiger partial charge in [-0.3, -0.25) is 9.59 Å². The van der Waals surface area contributed by atoms with Crippen LogP contribution in [-0.4, -0.2) is 48.1 Å². The molecule has 158 valence electrons. The maximum Gasteiger partial charge on any atom is 0.300 e. The lowest BCUT2D eigenvalue weighted by Crippen LogP contribution is -2.35. The lowest BCUT2D eigenvalue weighted by molar-refractivity contribution is -0.134. The second-order valence-corrected chi connectivity index (χ2v) is 6.72. The zero-order chi connectivity index (χ0) is 21.8. The molecule has 6 heteroatoms. The van der Waals surface area contributed by atoms with Gasteiger partial charge in [-0.2, -0.15) is 0 Å². The number of benzene rings is 2. The minimum atomic E-state index is -0.833. The molecule has 29 heavy (non-hydrogen) atoms. The van der Waals surface area contributed by atoms with Crippen molar-refractivity contribution in [2.75, 3.05) is 31.5 Å². The van der Waals surface area contributed by atoms with Gasteiger partial charge in [-0.1, -0.05) is 38.1 Å². The van der Waals surface area contributed by atoms with Gasteiger partial charge in [-0.15, -0.1) is 0 Å². The molecule has 0 saturated carbocycles. The predicted molar refractivity (Wildman–Crippen MR) is 119 cm³/mol. The Hall–Kier alpha value is -2.86. The fraction of sp³-hybridized carbons (Fsp3) is 0.391. The van der Waals surface area contributed by atoms with E-state index in [1.165, 1.54) is 11.1 Å². The molecule has 0 spiro atoms. The van der Waals surface area contributed by atoms with Gasteiger partial charge in [-0.25, -0.2) is 0 Å². The maximum absolute atomic E-state index is 12.6. The van der Waals surface area contributed by atoms with Crippen LogP contribution < -0.4 is 10.6 Å². The molecule has 1 amide bonds. The van der Waals surface area contributed by atoms with Gasteiger partial charge >= 0.3 is 0 Å². The zero-order valence-corrected chi connectivity index (χ0v) is 18.1. The average molecular weight is 400 g/mol. The largest absolute Gasteiger partial charge is 0.481 e. The van der Waals surface area contributed by atoms with Crippen LogP contribution in [0.5, 0.6) is 0 Å². The van der Waals surface area contributed by atoms with Crippen LogP contribution in [-0.2, 0) is 4.79 Å². The molecule has 0 bridgehead atoms. The molecule has 2 aromatic rings. The minimum absolute atomic E-state index is 0.0411. The van der Waals surface area contributed by atoms with Gasteiger partial charge in [0.15, 0.2) is 0 Å². The van der Waals surface area contributed by atoms with Gasteiger partial charge in [0.05, 0.1) is 11.3 Å². The number of nitrogens with one attached hydrogen (secondary N) is 2. The first-order chi connectivity index (χ1) is 13.8. The minimum Gasteiger partial charge on any atom is -0.481 e. The Morgan fingerprint density at radius 3 is 2.17 bits per heavy atom. The highest BCUT2D eigenvalue weighted by Crippen LogP contribution is 2.25. The second-order valence-electron chi connectivity index (χ2n) is 6.72. The Morgan fingerprint density at radius 2 is 1.55 bits per heavy atom. The summed E-state index contributed by atoms with van der Waals surface area (Å²) in [6.45, 7) is 13.0. The predicted octanol–water partition coefficient (Wildman–Crippen LogP) is 4.21. The van der Waals surface area contributed by atoms with Crippen LogP contribution in [0, 0.1) is 13.8 Å². The number of nitrogens with zero attached hydrogens (tertiary/aromatic N) is 1. The van der Waals surface area contributed by atoms with Gasteiger partial charge < -0.3 is 20.6 Å². The smallest absolute Gasteiger partial charge is 0.300 e. The number of aryl methyl sites for hydroxylation is 1. The number of hydrogen-bond acceptors (Lipinski definition) is 4. The molecule has 0 aliphatic rings. The number of hydrogen-bond donors (Lipinski definition) is 3. The van der Waals surface area contributed by atoms with E-state index >= 15 is 0 Å². The first kappa shape index (κ1) is 24.2. The lowest BCUT2D eigenvalue weighted by Gasteiger charge is -2.19. The SMILES string of the molecule is CC(=O)O.CCN(CC)CCNC(=O)c1ccccc1Nc1cccc(C)c1C. The number of carboxylic acids is 1. The highest BCUT2D eigenvalue weighted by molar-refractivity contribution is 6.00. The van der Waals surface area contributed by atoms with E-state index in [1.807, 2.05) is 36.4 Å². The highest BCUT2D eigenvalue weighted by atomic mass is 16.4. The molecule has 2 aromatic carbocycles. The zero-order valence-electron chi connectivity index (χ0n) is 18.1. The Labute approximate surface area is 173 Å². The summed E-state index contributed by atoms with van der Waals surface area (Å²) < 4.78 is 0. The molecule has 0 saturated heterocycles. The van der Waals surface area contributed by atoms with Gasteiger partial charge in [0.25, 0.3) is 11.9 Å². The van der Waals surface area contributed by atoms with Crippen molar-refractivity contribution in [1.29, 1.82) is 0 Å². The summed E-state index contributed by atoms with van der Waals surface area (Å²) in [5.74, 6) is -0.874. The molecule has 3 N–H and O–H groups in total. The third-order valence-electron chi connectivity index (χ3n) is 4.65. The standard InChI is InChI=1S/C21H29N3O.C2H4O2/c1-5-24(6-2)15-14-22-21(25)18-11-7-8-12-20(18)23-19-13-9-10-16(3)17(19)4;1-2(3)4/h7-13,23H,5-6,14-15H2,1-4H3,(H,22,25);1H3,(H,3,4). The van der Waals surface area contributed by atoms with Crippen molar-refractivity contribution >= 4 is 23.3 Å². The summed E-state index contributed by atoms with van der Waals surface area (Å²) in [6.07, 6.45) is 0. The summed E-state index contributed by atoms with van der Waals surface area (Å²) in [5, 5.41) is 13.9. The second kappa shape index (κ2) is 12.6. The van der Waals surface area contributed by atoms with Gasteiger partial charge in [0, 0.05) is 25.7 Å². The Morgan fingerprint density at radius 1 is 0.966 bits per heavy atom. The van der Waals surface area contributed by atoms with E-state index in [0.29, 0.717) is 12.1 Å². The quantitative estimate of drug-likeness (QED) is 0.619. The van der Waals surface area contributed by atoms with Crippen LogP contribution in [0.3, 0.4) is 0 Å². The van der Waals surface area contributed by atoms with Crippen LogP contribution in [0.1, 0.15) is 42.3 Å². The Balaban J connectivity index is 0.000000960. The van der Waals surface area contributed by atoms with Crippen LogP contribution in [0.2, 0.25) is 0 Å². The van der Waals surface area contributed by atoms with Gasteiger partial charge in [0.2, 0.25) is 0 Å². The summed E-state index contributed by atoms with van der Waals surface area (Å²) in [4.78, 5) is 23.9. The first-order valence-corrected chi connectivity index (χ1v) is 9.92. The topological polar surface area (TPSA) is 81.7 Å². The van der Waals surface area contributed by atoms with E-state index < -0.39 is 5.97 Å². The van der Waals surface area contributed by atoms with E-state index in [1.54, 1.807) is 0 Å². The number of carbonyl (C=O) groups is 2. The van der Waals surface area contributed by atoms with Crippen LogP contribution in [0.15, 0.2) is 42.5 Å². The third-order valence-corrected chi connectivity index (χ3v) is 4.65. The molecule has 0 aliphatic carbocycles. The number of anilines is 2. The van der Waals surface area contributed by atoms with Gasteiger partial charge in [0.1, 0.15) is 0 Å². The average Bonchev–Trinajstić information content (AvgIpc) is 2.68. The molecular weight excluding hydrogens is 366 g/mol. The molecule has 0 atom stereocenters. The van der Waals surface area contributed by atoms with Crippen molar-refractivity contribution in [2.24, 2.45) is 0 Å². The van der Waals surface area contributed by atoms with Crippen LogP contribution in [0.4, 0.5) is 11.4 Å². The van der Waals surface area contributed by atoms with Crippen molar-refractivity contribution in [1.82, 2.24) is 10.2 Å². The summed E-state index contributed by atoms with van der Waals surface area (Å²) in [5.41, 5.74) is 4.95. The molecule has 0 aromatic heterocycles. The molecule has 0 fully saturated rings. The molecule has 0 unspecified atom stereocenters. The van der Waals surface area contributed by atoms with E-state index in [2.05, 4.69) is 49.3 Å². The summed E-state index contributed by atoms with van der Waals surface area (Å²) in [6, 6.07) is 13.8. The number of likely N-dealkylation sites (N-methyl/N-ethyl adjacent to an activating group) is 1. The highest BCUT2D eigenvalue weighted by Gasteiger charge is 2.12. The molecule has 6 nitrogen and oxygen atoms in total. The van der Waals surface area contributed by atoms with Crippen molar-refractivity contribution in [3.05, 3.63) is 59.2 Å². The van der Waals surface area contributed by atoms with Crippen LogP contribution >= 0.6 is 0 Å². The maximum atomic E-state index is 12.6. The summed E-state index contributed by atoms with van der Waals surface area (Å²) >= 11 is 0. The Kier molecular flexibility index (Phi) is 10.5.